The molecule has 0 radical (unpaired) electrons. The molecule has 76 valence electrons. The van der Waals surface area contributed by atoms with E-state index in [1.807, 2.05) is 19.1 Å². The maximum atomic E-state index is 4.43. The van der Waals surface area contributed by atoms with Crippen LogP contribution in [-0.4, -0.2) is 11.5 Å². The van der Waals surface area contributed by atoms with Crippen molar-refractivity contribution in [1.82, 2.24) is 4.98 Å². The van der Waals surface area contributed by atoms with E-state index >= 15 is 0 Å². The fourth-order valence-corrected chi connectivity index (χ4v) is 1.75. The minimum absolute atomic E-state index is 0.589. The van der Waals surface area contributed by atoms with Crippen LogP contribution in [0.25, 0.3) is 0 Å². The first-order chi connectivity index (χ1) is 6.74. The van der Waals surface area contributed by atoms with Crippen molar-refractivity contribution < 1.29 is 0 Å². The molecule has 1 aromatic rings. The molecule has 1 aliphatic rings. The third kappa shape index (κ3) is 2.06. The molecule has 0 amide bonds. The van der Waals surface area contributed by atoms with E-state index < -0.39 is 0 Å². The topological polar surface area (TPSA) is 24.9 Å². The van der Waals surface area contributed by atoms with Gasteiger partial charge < -0.3 is 5.32 Å². The van der Waals surface area contributed by atoms with Gasteiger partial charge in [0.05, 0.1) is 0 Å². The van der Waals surface area contributed by atoms with Crippen molar-refractivity contribution in [1.29, 1.82) is 0 Å². The molecule has 0 unspecified atom stereocenters. The fourth-order valence-electron chi connectivity index (χ4n) is 1.75. The molecule has 1 fully saturated rings. The second kappa shape index (κ2) is 3.60. The summed E-state index contributed by atoms with van der Waals surface area (Å²) in [5, 5.41) is 3.43. The van der Waals surface area contributed by atoms with Gasteiger partial charge in [-0.3, -0.25) is 0 Å². The molecule has 2 heteroatoms. The van der Waals surface area contributed by atoms with Gasteiger partial charge in [-0.2, -0.15) is 0 Å². The zero-order valence-electron chi connectivity index (χ0n) is 9.01. The molecule has 1 saturated carbocycles. The van der Waals surface area contributed by atoms with Crippen LogP contribution in [0.2, 0.25) is 0 Å². The van der Waals surface area contributed by atoms with Gasteiger partial charge >= 0.3 is 0 Å². The third-order valence-electron chi connectivity index (χ3n) is 3.24. The Kier molecular flexibility index (Phi) is 2.44. The minimum atomic E-state index is 0.589. The highest BCUT2D eigenvalue weighted by molar-refractivity contribution is 5.35. The summed E-state index contributed by atoms with van der Waals surface area (Å²) in [5.41, 5.74) is 1.67. The van der Waals surface area contributed by atoms with Gasteiger partial charge in [0.1, 0.15) is 5.82 Å². The number of pyridine rings is 1. The van der Waals surface area contributed by atoms with Gasteiger partial charge in [0.15, 0.2) is 0 Å². The molecule has 2 nitrogen and oxygen atoms in total. The average Bonchev–Trinajstić information content (AvgIpc) is 2.96. The number of hydrogen-bond acceptors (Lipinski definition) is 2. The number of nitrogens with zero attached hydrogens (tertiary/aromatic N) is 1. The first-order valence-electron chi connectivity index (χ1n) is 5.42. The van der Waals surface area contributed by atoms with Gasteiger partial charge in [-0.25, -0.2) is 4.98 Å². The van der Waals surface area contributed by atoms with Crippen LogP contribution < -0.4 is 5.32 Å². The molecule has 1 aliphatic carbocycles. The van der Waals surface area contributed by atoms with E-state index in [0.29, 0.717) is 5.41 Å². The van der Waals surface area contributed by atoms with Crippen molar-refractivity contribution in [3.8, 4) is 0 Å². The monoisotopic (exact) mass is 190 g/mol. The van der Waals surface area contributed by atoms with Crippen LogP contribution in [0.15, 0.2) is 18.2 Å². The molecule has 1 heterocycles. The predicted molar refractivity (Wildman–Crippen MR) is 59.4 cm³/mol. The number of nitrogens with one attached hydrogen (secondary N) is 1. The Morgan fingerprint density at radius 2 is 2.21 bits per heavy atom. The van der Waals surface area contributed by atoms with Crippen LogP contribution in [0, 0.1) is 12.3 Å². The molecule has 0 bridgehead atoms. The zero-order chi connectivity index (χ0) is 10.0. The molecular formula is C12H18N2. The zero-order valence-corrected chi connectivity index (χ0v) is 9.01. The van der Waals surface area contributed by atoms with Crippen LogP contribution in [-0.2, 0) is 0 Å². The Labute approximate surface area is 85.7 Å². The highest BCUT2D eigenvalue weighted by atomic mass is 15.0. The van der Waals surface area contributed by atoms with Gasteiger partial charge in [-0.15, -0.1) is 0 Å². The lowest BCUT2D eigenvalue weighted by Crippen LogP contribution is -2.15. The molecular weight excluding hydrogens is 172 g/mol. The predicted octanol–water partition coefficient (Wildman–Crippen LogP) is 2.99. The van der Waals surface area contributed by atoms with E-state index in [-0.39, 0.29) is 0 Å². The van der Waals surface area contributed by atoms with Crippen molar-refractivity contribution in [3.63, 3.8) is 0 Å². The lowest BCUT2D eigenvalue weighted by molar-refractivity contribution is 0.520. The van der Waals surface area contributed by atoms with E-state index in [1.54, 1.807) is 0 Å². The summed E-state index contributed by atoms with van der Waals surface area (Å²) in [6.07, 6.45) is 4.04. The molecule has 1 aromatic heterocycles. The van der Waals surface area contributed by atoms with Crippen molar-refractivity contribution in [2.45, 2.75) is 33.1 Å². The van der Waals surface area contributed by atoms with Gasteiger partial charge in [0.2, 0.25) is 0 Å². The molecule has 14 heavy (non-hydrogen) atoms. The molecule has 0 atom stereocenters. The van der Waals surface area contributed by atoms with Crippen molar-refractivity contribution in [3.05, 3.63) is 23.9 Å². The Balaban J connectivity index is 1.92. The summed E-state index contributed by atoms with van der Waals surface area (Å²) in [4.78, 5) is 4.43. The summed E-state index contributed by atoms with van der Waals surface area (Å²) in [5.74, 6) is 1.02. The number of aromatic nitrogens is 1. The van der Waals surface area contributed by atoms with Crippen LogP contribution >= 0.6 is 0 Å². The highest BCUT2D eigenvalue weighted by Crippen LogP contribution is 2.48. The first kappa shape index (κ1) is 9.50. The molecule has 1 N–H and O–H groups in total. The van der Waals surface area contributed by atoms with Gasteiger partial charge in [0, 0.05) is 12.2 Å². The number of anilines is 1. The van der Waals surface area contributed by atoms with Crippen molar-refractivity contribution in [2.24, 2.45) is 5.41 Å². The highest BCUT2D eigenvalue weighted by Gasteiger charge is 2.40. The Morgan fingerprint density at radius 1 is 1.43 bits per heavy atom. The summed E-state index contributed by atoms with van der Waals surface area (Å²) >= 11 is 0. The van der Waals surface area contributed by atoms with Gasteiger partial charge in [-0.05, 0) is 43.7 Å². The summed E-state index contributed by atoms with van der Waals surface area (Å²) < 4.78 is 0. The molecule has 0 saturated heterocycles. The maximum absolute atomic E-state index is 4.43. The normalized spacial score (nSPS) is 17.9. The van der Waals surface area contributed by atoms with Crippen LogP contribution in [0.1, 0.15) is 31.9 Å². The lowest BCUT2D eigenvalue weighted by Gasteiger charge is -2.13. The van der Waals surface area contributed by atoms with Crippen LogP contribution in [0.3, 0.4) is 0 Å². The second-order valence-electron chi connectivity index (χ2n) is 4.37. The summed E-state index contributed by atoms with van der Waals surface area (Å²) in [6.45, 7) is 5.39. The number of rotatable bonds is 4. The Morgan fingerprint density at radius 3 is 2.79 bits per heavy atom. The van der Waals surface area contributed by atoms with Gasteiger partial charge in [-0.1, -0.05) is 13.0 Å². The summed E-state index contributed by atoms with van der Waals surface area (Å²) in [7, 11) is 0. The Hall–Kier alpha value is -1.05. The number of aryl methyl sites for hydroxylation is 1. The average molecular weight is 190 g/mol. The quantitative estimate of drug-likeness (QED) is 0.789. The van der Waals surface area contributed by atoms with Crippen molar-refractivity contribution in [2.75, 3.05) is 11.9 Å². The van der Waals surface area contributed by atoms with E-state index in [9.17, 15) is 0 Å². The molecule has 0 aliphatic heterocycles. The fraction of sp³-hybridized carbons (Fsp3) is 0.583. The SMILES string of the molecule is CCC1(CNc2cccc(C)n2)CC1. The third-order valence-corrected chi connectivity index (χ3v) is 3.24. The summed E-state index contributed by atoms with van der Waals surface area (Å²) in [6, 6.07) is 6.12. The van der Waals surface area contributed by atoms with Crippen molar-refractivity contribution >= 4 is 5.82 Å². The number of hydrogen-bond donors (Lipinski definition) is 1. The maximum Gasteiger partial charge on any atom is 0.126 e. The van der Waals surface area contributed by atoms with E-state index in [0.717, 1.165) is 18.1 Å². The lowest BCUT2D eigenvalue weighted by atomic mass is 10.0. The molecule has 0 spiro atoms. The first-order valence-corrected chi connectivity index (χ1v) is 5.42. The second-order valence-corrected chi connectivity index (χ2v) is 4.37. The molecule has 2 rings (SSSR count). The van der Waals surface area contributed by atoms with Crippen LogP contribution in [0.4, 0.5) is 5.82 Å². The minimum Gasteiger partial charge on any atom is -0.370 e. The van der Waals surface area contributed by atoms with E-state index in [4.69, 9.17) is 0 Å². The standard InChI is InChI=1S/C12H18N2/c1-3-12(7-8-12)9-13-11-6-4-5-10(2)14-11/h4-6H,3,7-9H2,1-2H3,(H,13,14). The largest absolute Gasteiger partial charge is 0.370 e. The Bertz CT molecular complexity index is 316. The smallest absolute Gasteiger partial charge is 0.126 e. The molecule has 0 aromatic carbocycles. The van der Waals surface area contributed by atoms with E-state index in [2.05, 4.69) is 23.3 Å². The van der Waals surface area contributed by atoms with Gasteiger partial charge in [0.25, 0.3) is 0 Å². The van der Waals surface area contributed by atoms with E-state index in [1.165, 1.54) is 19.3 Å². The van der Waals surface area contributed by atoms with Crippen LogP contribution in [0.5, 0.6) is 0 Å².